The topological polar surface area (TPSA) is 76.7 Å². The predicted molar refractivity (Wildman–Crippen MR) is 106 cm³/mol. The van der Waals surface area contributed by atoms with Gasteiger partial charge in [-0.05, 0) is 44.0 Å². The maximum absolute atomic E-state index is 14.2. The number of hydrogen-bond donors (Lipinski definition) is 1. The van der Waals surface area contributed by atoms with Gasteiger partial charge < -0.3 is 9.84 Å². The molecular weight excluding hydrogens is 381 g/mol. The molecule has 1 fully saturated rings. The molecule has 1 aromatic carbocycles. The summed E-state index contributed by atoms with van der Waals surface area (Å²) in [6.45, 7) is 1.90. The number of pyridine rings is 2. The summed E-state index contributed by atoms with van der Waals surface area (Å²) in [5.41, 5.74) is 3.04. The van der Waals surface area contributed by atoms with E-state index in [0.29, 0.717) is 40.2 Å². The van der Waals surface area contributed by atoms with Gasteiger partial charge >= 0.3 is 0 Å². The van der Waals surface area contributed by atoms with Crippen LogP contribution in [0.3, 0.4) is 0 Å². The number of para-hydroxylation sites is 1. The molecule has 28 heavy (non-hydrogen) atoms. The van der Waals surface area contributed by atoms with Crippen LogP contribution in [0.15, 0.2) is 47.1 Å². The van der Waals surface area contributed by atoms with Crippen LogP contribution in [0.1, 0.15) is 30.3 Å². The van der Waals surface area contributed by atoms with Gasteiger partial charge in [-0.2, -0.15) is 4.98 Å². The zero-order chi connectivity index (χ0) is 18.4. The number of aromatic nitrogens is 4. The number of anilines is 2. The van der Waals surface area contributed by atoms with Crippen LogP contribution in [0.25, 0.3) is 22.5 Å². The largest absolute Gasteiger partial charge is 0.352 e. The first-order valence-electron chi connectivity index (χ1n) is 8.81. The Bertz CT molecular complexity index is 1160. The van der Waals surface area contributed by atoms with Gasteiger partial charge in [0.05, 0.1) is 16.9 Å². The molecule has 0 bridgehead atoms. The molecule has 4 aromatic rings. The van der Waals surface area contributed by atoms with Gasteiger partial charge in [-0.15, -0.1) is 12.4 Å². The van der Waals surface area contributed by atoms with Gasteiger partial charge in [-0.25, -0.2) is 14.4 Å². The Balaban J connectivity index is 0.00000192. The Labute approximate surface area is 166 Å². The number of fused-ring (bicyclic) bond motifs is 1. The highest BCUT2D eigenvalue weighted by molar-refractivity contribution is 5.98. The van der Waals surface area contributed by atoms with E-state index in [4.69, 9.17) is 4.52 Å². The van der Waals surface area contributed by atoms with Gasteiger partial charge in [0.25, 0.3) is 5.89 Å². The molecule has 8 heteroatoms. The zero-order valence-corrected chi connectivity index (χ0v) is 15.8. The molecule has 3 aromatic heterocycles. The third-order valence-corrected chi connectivity index (χ3v) is 4.62. The number of benzene rings is 1. The number of nitrogens with zero attached hydrogens (tertiary/aromatic N) is 4. The molecule has 0 spiro atoms. The summed E-state index contributed by atoms with van der Waals surface area (Å²) < 4.78 is 19.7. The molecule has 0 atom stereocenters. The third-order valence-electron chi connectivity index (χ3n) is 4.62. The maximum atomic E-state index is 14.2. The molecule has 1 aliphatic carbocycles. The molecule has 6 nitrogen and oxygen atoms in total. The van der Waals surface area contributed by atoms with E-state index in [-0.39, 0.29) is 18.2 Å². The number of aryl methyl sites for hydroxylation is 1. The lowest BCUT2D eigenvalue weighted by atomic mass is 10.1. The maximum Gasteiger partial charge on any atom is 0.261 e. The van der Waals surface area contributed by atoms with Crippen LogP contribution < -0.4 is 5.32 Å². The van der Waals surface area contributed by atoms with Crippen molar-refractivity contribution in [3.63, 3.8) is 0 Å². The van der Waals surface area contributed by atoms with Crippen molar-refractivity contribution in [3.8, 4) is 11.5 Å². The summed E-state index contributed by atoms with van der Waals surface area (Å²) in [5, 5.41) is 8.01. The highest BCUT2D eigenvalue weighted by atomic mass is 35.5. The van der Waals surface area contributed by atoms with Crippen LogP contribution in [0, 0.1) is 12.7 Å². The first kappa shape index (κ1) is 18.3. The molecule has 142 valence electrons. The molecule has 0 saturated heterocycles. The van der Waals surface area contributed by atoms with Gasteiger partial charge in [0.15, 0.2) is 11.5 Å². The Morgan fingerprint density at radius 3 is 2.71 bits per heavy atom. The first-order valence-corrected chi connectivity index (χ1v) is 8.81. The van der Waals surface area contributed by atoms with Crippen molar-refractivity contribution < 1.29 is 8.91 Å². The smallest absolute Gasteiger partial charge is 0.261 e. The van der Waals surface area contributed by atoms with Crippen LogP contribution in [0.5, 0.6) is 0 Å². The summed E-state index contributed by atoms with van der Waals surface area (Å²) in [5.74, 6) is 1.11. The molecule has 0 amide bonds. The van der Waals surface area contributed by atoms with Gasteiger partial charge in [-0.1, -0.05) is 17.3 Å². The molecule has 1 N–H and O–H groups in total. The molecule has 1 saturated carbocycles. The van der Waals surface area contributed by atoms with Crippen molar-refractivity contribution in [2.75, 3.05) is 5.32 Å². The molecule has 0 aliphatic heterocycles. The molecule has 0 unspecified atom stereocenters. The fraction of sp³-hybridized carbons (Fsp3) is 0.200. The van der Waals surface area contributed by atoms with E-state index in [0.717, 1.165) is 23.9 Å². The number of hydrogen-bond acceptors (Lipinski definition) is 6. The third kappa shape index (κ3) is 3.29. The average molecular weight is 398 g/mol. The van der Waals surface area contributed by atoms with Crippen molar-refractivity contribution >= 4 is 34.8 Å². The van der Waals surface area contributed by atoms with E-state index in [1.54, 1.807) is 24.4 Å². The number of rotatable bonds is 4. The highest BCUT2D eigenvalue weighted by Crippen LogP contribution is 2.40. The van der Waals surface area contributed by atoms with Crippen molar-refractivity contribution in [2.24, 2.45) is 0 Å². The van der Waals surface area contributed by atoms with Crippen LogP contribution in [0.2, 0.25) is 0 Å². The SMILES string of the molecule is Cc1ccc2c(Nc3ccccc3F)c(-c3nc(C4CC4)no3)cnc2n1.Cl. The zero-order valence-electron chi connectivity index (χ0n) is 15.0. The van der Waals surface area contributed by atoms with Gasteiger partial charge in [0.1, 0.15) is 5.82 Å². The minimum atomic E-state index is -0.349. The fourth-order valence-corrected chi connectivity index (χ4v) is 3.02. The normalized spacial score (nSPS) is 13.4. The predicted octanol–water partition coefficient (Wildman–Crippen LogP) is 5.17. The minimum Gasteiger partial charge on any atom is -0.352 e. The first-order chi connectivity index (χ1) is 13.2. The van der Waals surface area contributed by atoms with Crippen molar-refractivity contribution in [2.45, 2.75) is 25.7 Å². The minimum absolute atomic E-state index is 0. The van der Waals surface area contributed by atoms with Crippen LogP contribution in [-0.2, 0) is 0 Å². The summed E-state index contributed by atoms with van der Waals surface area (Å²) in [7, 11) is 0. The Morgan fingerprint density at radius 2 is 1.93 bits per heavy atom. The van der Waals surface area contributed by atoms with E-state index < -0.39 is 0 Å². The summed E-state index contributed by atoms with van der Waals surface area (Å²) in [4.78, 5) is 13.4. The lowest BCUT2D eigenvalue weighted by Gasteiger charge is -2.13. The lowest BCUT2D eigenvalue weighted by molar-refractivity contribution is 0.423. The second-order valence-corrected chi connectivity index (χ2v) is 6.71. The molecule has 1 aliphatic rings. The van der Waals surface area contributed by atoms with E-state index >= 15 is 0 Å². The Morgan fingerprint density at radius 1 is 1.11 bits per heavy atom. The van der Waals surface area contributed by atoms with E-state index in [1.165, 1.54) is 6.07 Å². The molecule has 3 heterocycles. The molecule has 5 rings (SSSR count). The van der Waals surface area contributed by atoms with Crippen LogP contribution >= 0.6 is 12.4 Å². The fourth-order valence-electron chi connectivity index (χ4n) is 3.02. The quantitative estimate of drug-likeness (QED) is 0.512. The standard InChI is InChI=1S/C20H16FN5O.ClH/c1-11-6-9-13-17(24-16-5-3-2-4-15(16)21)14(10-22-19(13)23-11)20-25-18(26-27-20)12-7-8-12;/h2-6,9-10,12H,7-8H2,1H3,(H,22,23,24);1H. The van der Waals surface area contributed by atoms with E-state index in [1.807, 2.05) is 19.1 Å². The molecular formula is C20H17ClFN5O. The second-order valence-electron chi connectivity index (χ2n) is 6.71. The van der Waals surface area contributed by atoms with Crippen molar-refractivity contribution in [3.05, 3.63) is 59.9 Å². The van der Waals surface area contributed by atoms with Crippen molar-refractivity contribution in [1.29, 1.82) is 0 Å². The van der Waals surface area contributed by atoms with Crippen molar-refractivity contribution in [1.82, 2.24) is 20.1 Å². The lowest BCUT2D eigenvalue weighted by Crippen LogP contribution is -2.00. The Hall–Kier alpha value is -3.06. The highest BCUT2D eigenvalue weighted by Gasteiger charge is 2.29. The monoisotopic (exact) mass is 397 g/mol. The summed E-state index contributed by atoms with van der Waals surface area (Å²) in [6, 6.07) is 10.3. The second kappa shape index (κ2) is 7.16. The Kier molecular flexibility index (Phi) is 4.68. The molecule has 0 radical (unpaired) electrons. The summed E-state index contributed by atoms with van der Waals surface area (Å²) >= 11 is 0. The van der Waals surface area contributed by atoms with E-state index in [9.17, 15) is 4.39 Å². The van der Waals surface area contributed by atoms with Gasteiger partial charge in [-0.3, -0.25) is 0 Å². The average Bonchev–Trinajstić information content (AvgIpc) is 3.41. The summed E-state index contributed by atoms with van der Waals surface area (Å²) in [6.07, 6.45) is 3.80. The van der Waals surface area contributed by atoms with Crippen LogP contribution in [0.4, 0.5) is 15.8 Å². The number of nitrogens with one attached hydrogen (secondary N) is 1. The van der Waals surface area contributed by atoms with Crippen LogP contribution in [-0.4, -0.2) is 20.1 Å². The van der Waals surface area contributed by atoms with Gasteiger partial charge in [0, 0.05) is 23.2 Å². The number of halogens is 2. The van der Waals surface area contributed by atoms with E-state index in [2.05, 4.69) is 25.4 Å². The van der Waals surface area contributed by atoms with Gasteiger partial charge in [0.2, 0.25) is 0 Å².